The van der Waals surface area contributed by atoms with Crippen molar-refractivity contribution in [3.8, 4) is 5.69 Å². The van der Waals surface area contributed by atoms with E-state index in [1.165, 1.54) is 0 Å². The van der Waals surface area contributed by atoms with Gasteiger partial charge in [0, 0.05) is 0 Å². The molecule has 110 valence electrons. The van der Waals surface area contributed by atoms with E-state index < -0.39 is 0 Å². The lowest BCUT2D eigenvalue weighted by Crippen LogP contribution is -2.07. The Morgan fingerprint density at radius 1 is 1.29 bits per heavy atom. The highest BCUT2D eigenvalue weighted by molar-refractivity contribution is 5.89. The number of ether oxygens (including phenoxy) is 1. The van der Waals surface area contributed by atoms with Gasteiger partial charge in [-0.05, 0) is 37.1 Å². The summed E-state index contributed by atoms with van der Waals surface area (Å²) in [5.74, 6) is -0.341. The molecule has 1 heterocycles. The summed E-state index contributed by atoms with van der Waals surface area (Å²) in [6.45, 7) is 4.28. The van der Waals surface area contributed by atoms with Crippen LogP contribution < -0.4 is 0 Å². The molecule has 0 aliphatic rings. The minimum Gasteiger partial charge on any atom is -0.462 e. The van der Waals surface area contributed by atoms with Crippen LogP contribution in [0.2, 0.25) is 0 Å². The SMILES string of the molecule is CCCOC(=O)c1ccc(-n2nnc(C=O)c2CC)cc1. The zero-order chi connectivity index (χ0) is 15.2. The van der Waals surface area contributed by atoms with E-state index in [4.69, 9.17) is 4.74 Å². The van der Waals surface area contributed by atoms with Gasteiger partial charge in [0.25, 0.3) is 0 Å². The van der Waals surface area contributed by atoms with Crippen LogP contribution in [0, 0.1) is 0 Å². The minimum absolute atomic E-state index is 0.337. The molecule has 0 saturated heterocycles. The Bertz CT molecular complexity index is 632. The summed E-state index contributed by atoms with van der Waals surface area (Å²) in [5.41, 5.74) is 2.32. The first-order valence-electron chi connectivity index (χ1n) is 6.88. The lowest BCUT2D eigenvalue weighted by molar-refractivity contribution is 0.0505. The van der Waals surface area contributed by atoms with Gasteiger partial charge in [0.05, 0.1) is 23.6 Å². The quantitative estimate of drug-likeness (QED) is 0.601. The van der Waals surface area contributed by atoms with E-state index in [0.29, 0.717) is 30.6 Å². The first-order valence-corrected chi connectivity index (χ1v) is 6.88. The van der Waals surface area contributed by atoms with Gasteiger partial charge in [-0.2, -0.15) is 0 Å². The van der Waals surface area contributed by atoms with Crippen molar-refractivity contribution in [3.05, 3.63) is 41.2 Å². The second kappa shape index (κ2) is 6.78. The van der Waals surface area contributed by atoms with Crippen LogP contribution in [0.3, 0.4) is 0 Å². The van der Waals surface area contributed by atoms with Crippen molar-refractivity contribution in [2.45, 2.75) is 26.7 Å². The van der Waals surface area contributed by atoms with E-state index in [0.717, 1.165) is 17.8 Å². The van der Waals surface area contributed by atoms with Crippen molar-refractivity contribution < 1.29 is 14.3 Å². The highest BCUT2D eigenvalue weighted by Crippen LogP contribution is 2.14. The molecule has 21 heavy (non-hydrogen) atoms. The number of hydrogen-bond donors (Lipinski definition) is 0. The van der Waals surface area contributed by atoms with E-state index in [2.05, 4.69) is 10.3 Å². The molecule has 1 aromatic heterocycles. The molecule has 0 spiro atoms. The summed E-state index contributed by atoms with van der Waals surface area (Å²) in [4.78, 5) is 22.6. The summed E-state index contributed by atoms with van der Waals surface area (Å²) in [6, 6.07) is 6.86. The summed E-state index contributed by atoms with van der Waals surface area (Å²) in [7, 11) is 0. The van der Waals surface area contributed by atoms with Crippen LogP contribution >= 0.6 is 0 Å². The van der Waals surface area contributed by atoms with Gasteiger partial charge < -0.3 is 4.74 Å². The number of benzene rings is 1. The first kappa shape index (κ1) is 14.9. The molecular weight excluding hydrogens is 270 g/mol. The van der Waals surface area contributed by atoms with Crippen molar-refractivity contribution >= 4 is 12.3 Å². The zero-order valence-electron chi connectivity index (χ0n) is 12.1. The van der Waals surface area contributed by atoms with Gasteiger partial charge in [-0.1, -0.05) is 19.1 Å². The number of hydrogen-bond acceptors (Lipinski definition) is 5. The van der Waals surface area contributed by atoms with Gasteiger partial charge in [-0.15, -0.1) is 5.10 Å². The number of rotatable bonds is 6. The molecule has 0 amide bonds. The minimum atomic E-state index is -0.341. The van der Waals surface area contributed by atoms with Gasteiger partial charge in [-0.3, -0.25) is 4.79 Å². The van der Waals surface area contributed by atoms with Crippen molar-refractivity contribution in [2.24, 2.45) is 0 Å². The lowest BCUT2D eigenvalue weighted by atomic mass is 10.2. The molecule has 0 unspecified atom stereocenters. The molecule has 0 saturated carbocycles. The number of carbonyl (C=O) groups is 2. The second-order valence-electron chi connectivity index (χ2n) is 4.49. The fourth-order valence-electron chi connectivity index (χ4n) is 1.96. The molecule has 0 aliphatic carbocycles. The second-order valence-corrected chi connectivity index (χ2v) is 4.49. The van der Waals surface area contributed by atoms with Crippen LogP contribution in [0.1, 0.15) is 46.8 Å². The maximum atomic E-state index is 11.7. The maximum absolute atomic E-state index is 11.7. The van der Waals surface area contributed by atoms with Crippen LogP contribution in [-0.2, 0) is 11.2 Å². The highest BCUT2D eigenvalue weighted by Gasteiger charge is 2.13. The molecule has 0 atom stereocenters. The standard InChI is InChI=1S/C15H17N3O3/c1-3-9-21-15(20)11-5-7-12(8-6-11)18-14(4-2)13(10-19)16-17-18/h5-8,10H,3-4,9H2,1-2H3. The number of nitrogens with zero attached hydrogens (tertiary/aromatic N) is 3. The van der Waals surface area contributed by atoms with Crippen molar-refractivity contribution in [1.82, 2.24) is 15.0 Å². The average molecular weight is 287 g/mol. The molecule has 1 aromatic carbocycles. The molecular formula is C15H17N3O3. The lowest BCUT2D eigenvalue weighted by Gasteiger charge is -2.06. The molecule has 6 heteroatoms. The van der Waals surface area contributed by atoms with Crippen LogP contribution in [0.15, 0.2) is 24.3 Å². The van der Waals surface area contributed by atoms with Gasteiger partial charge in [-0.25, -0.2) is 9.48 Å². The molecule has 0 radical (unpaired) electrons. The van der Waals surface area contributed by atoms with Gasteiger partial charge in [0.1, 0.15) is 5.69 Å². The van der Waals surface area contributed by atoms with Crippen molar-refractivity contribution in [1.29, 1.82) is 0 Å². The molecule has 2 rings (SSSR count). The van der Waals surface area contributed by atoms with Crippen LogP contribution in [0.4, 0.5) is 0 Å². The van der Waals surface area contributed by atoms with Crippen molar-refractivity contribution in [2.75, 3.05) is 6.61 Å². The summed E-state index contributed by atoms with van der Waals surface area (Å²) >= 11 is 0. The number of carbonyl (C=O) groups excluding carboxylic acids is 2. The number of esters is 1. The predicted octanol–water partition coefficient (Wildman–Crippen LogP) is 2.21. The Hall–Kier alpha value is -2.50. The smallest absolute Gasteiger partial charge is 0.338 e. The Morgan fingerprint density at radius 2 is 2.00 bits per heavy atom. The van der Waals surface area contributed by atoms with Crippen LogP contribution in [-0.4, -0.2) is 33.9 Å². The molecule has 0 aliphatic heterocycles. The summed E-state index contributed by atoms with van der Waals surface area (Å²) in [6.07, 6.45) is 2.12. The van der Waals surface area contributed by atoms with Crippen molar-refractivity contribution in [3.63, 3.8) is 0 Å². The molecule has 2 aromatic rings. The van der Waals surface area contributed by atoms with E-state index in [1.54, 1.807) is 28.9 Å². The Balaban J connectivity index is 2.25. The normalized spacial score (nSPS) is 10.4. The summed E-state index contributed by atoms with van der Waals surface area (Å²) in [5, 5.41) is 7.80. The van der Waals surface area contributed by atoms with Gasteiger partial charge in [0.15, 0.2) is 6.29 Å². The highest BCUT2D eigenvalue weighted by atomic mass is 16.5. The third-order valence-corrected chi connectivity index (χ3v) is 3.02. The maximum Gasteiger partial charge on any atom is 0.338 e. The molecule has 0 bridgehead atoms. The van der Waals surface area contributed by atoms with Gasteiger partial charge in [0.2, 0.25) is 0 Å². The fourth-order valence-corrected chi connectivity index (χ4v) is 1.96. The van der Waals surface area contributed by atoms with Gasteiger partial charge >= 0.3 is 5.97 Å². The van der Waals surface area contributed by atoms with E-state index in [1.807, 2.05) is 13.8 Å². The Labute approximate surface area is 122 Å². The topological polar surface area (TPSA) is 74.1 Å². The summed E-state index contributed by atoms with van der Waals surface area (Å²) < 4.78 is 6.67. The monoisotopic (exact) mass is 287 g/mol. The molecule has 6 nitrogen and oxygen atoms in total. The predicted molar refractivity (Wildman–Crippen MR) is 76.7 cm³/mol. The third kappa shape index (κ3) is 3.16. The van der Waals surface area contributed by atoms with Crippen LogP contribution in [0.25, 0.3) is 5.69 Å². The Morgan fingerprint density at radius 3 is 2.57 bits per heavy atom. The largest absolute Gasteiger partial charge is 0.462 e. The third-order valence-electron chi connectivity index (χ3n) is 3.02. The zero-order valence-corrected chi connectivity index (χ0v) is 12.1. The van der Waals surface area contributed by atoms with Crippen LogP contribution in [0.5, 0.6) is 0 Å². The average Bonchev–Trinajstić information content (AvgIpc) is 2.95. The Kier molecular flexibility index (Phi) is 4.81. The fraction of sp³-hybridized carbons (Fsp3) is 0.333. The first-order chi connectivity index (χ1) is 10.2. The molecule has 0 fully saturated rings. The van der Waals surface area contributed by atoms with E-state index in [9.17, 15) is 9.59 Å². The number of aromatic nitrogens is 3. The van der Waals surface area contributed by atoms with E-state index in [-0.39, 0.29) is 5.97 Å². The number of aldehydes is 1. The molecule has 0 N–H and O–H groups in total. The van der Waals surface area contributed by atoms with E-state index >= 15 is 0 Å².